The third-order valence-electron chi connectivity index (χ3n) is 1.91. The number of aromatic amines is 1. The molecule has 0 unspecified atom stereocenters. The van der Waals surface area contributed by atoms with E-state index in [1.165, 1.54) is 6.33 Å². The number of nitrogens with zero attached hydrogens (tertiary/aromatic N) is 3. The van der Waals surface area contributed by atoms with Crippen molar-refractivity contribution in [3.8, 4) is 0 Å². The highest BCUT2D eigenvalue weighted by atomic mass is 35.5. The number of aromatic nitrogens is 4. The lowest BCUT2D eigenvalue weighted by molar-refractivity contribution is 1.08. The van der Waals surface area contributed by atoms with Crippen molar-refractivity contribution in [1.82, 2.24) is 20.2 Å². The van der Waals surface area contributed by atoms with Crippen molar-refractivity contribution >= 4 is 41.3 Å². The second-order valence-electron chi connectivity index (χ2n) is 2.92. The lowest BCUT2D eigenvalue weighted by Gasteiger charge is -1.92. The molecule has 0 saturated heterocycles. The number of rotatable bonds is 3. The summed E-state index contributed by atoms with van der Waals surface area (Å²) in [6.45, 7) is 0. The van der Waals surface area contributed by atoms with Gasteiger partial charge in [-0.05, 0) is 18.2 Å². The summed E-state index contributed by atoms with van der Waals surface area (Å²) in [5, 5.41) is 8.07. The molecule has 0 radical (unpaired) electrons. The molecule has 78 valence electrons. The Bertz CT molecular complexity index is 494. The number of nitrogens with one attached hydrogen (secondary N) is 1. The predicted molar refractivity (Wildman–Crippen MR) is 64.2 cm³/mol. The summed E-state index contributed by atoms with van der Waals surface area (Å²) in [5.41, 5.74) is 1.41. The van der Waals surface area contributed by atoms with Crippen LogP contribution in [0, 0.1) is 0 Å². The molecule has 6 heteroatoms. The van der Waals surface area contributed by atoms with Crippen LogP contribution >= 0.6 is 24.2 Å². The zero-order valence-electron chi connectivity index (χ0n) is 7.81. The van der Waals surface area contributed by atoms with E-state index in [0.717, 1.165) is 23.3 Å². The number of hydrogen-bond acceptors (Lipinski definition) is 4. The summed E-state index contributed by atoms with van der Waals surface area (Å²) in [7, 11) is 0. The number of hydrogen-bond donors (Lipinski definition) is 2. The van der Waals surface area contributed by atoms with Gasteiger partial charge in [0.15, 0.2) is 5.65 Å². The zero-order chi connectivity index (χ0) is 10.7. The Balaban J connectivity index is 2.44. The molecule has 1 N–H and O–H groups in total. The molecular formula is C9H9ClN4S. The van der Waals surface area contributed by atoms with Gasteiger partial charge in [-0.15, -0.1) is 0 Å². The maximum atomic E-state index is 5.96. The first kappa shape index (κ1) is 10.4. The second kappa shape index (κ2) is 4.63. The molecule has 0 aliphatic rings. The van der Waals surface area contributed by atoms with Crippen molar-refractivity contribution in [2.75, 3.05) is 5.75 Å². The molecule has 0 aliphatic heterocycles. The fourth-order valence-corrected chi connectivity index (χ4v) is 1.62. The van der Waals surface area contributed by atoms with Crippen LogP contribution in [0.25, 0.3) is 17.1 Å². The Hall–Kier alpha value is -1.07. The maximum absolute atomic E-state index is 5.96. The highest BCUT2D eigenvalue weighted by Gasteiger charge is 2.08. The molecule has 0 atom stereocenters. The average Bonchev–Trinajstić information content (AvgIpc) is 2.63. The fourth-order valence-electron chi connectivity index (χ4n) is 1.24. The van der Waals surface area contributed by atoms with E-state index in [2.05, 4.69) is 32.8 Å². The molecule has 0 amide bonds. The van der Waals surface area contributed by atoms with E-state index in [0.29, 0.717) is 10.8 Å². The predicted octanol–water partition coefficient (Wildman–Crippen LogP) is 2.34. The lowest BCUT2D eigenvalue weighted by Crippen LogP contribution is -1.81. The Morgan fingerprint density at radius 2 is 2.33 bits per heavy atom. The molecule has 0 spiro atoms. The van der Waals surface area contributed by atoms with Gasteiger partial charge in [0, 0.05) is 0 Å². The number of thiol groups is 1. The van der Waals surface area contributed by atoms with E-state index in [4.69, 9.17) is 11.6 Å². The number of fused-ring (bicyclic) bond motifs is 1. The highest BCUT2D eigenvalue weighted by molar-refractivity contribution is 7.80. The van der Waals surface area contributed by atoms with Crippen LogP contribution in [0.4, 0.5) is 0 Å². The van der Waals surface area contributed by atoms with E-state index in [9.17, 15) is 0 Å². The van der Waals surface area contributed by atoms with E-state index in [1.54, 1.807) is 0 Å². The molecule has 2 aromatic heterocycles. The minimum absolute atomic E-state index is 0.416. The maximum Gasteiger partial charge on any atom is 0.186 e. The van der Waals surface area contributed by atoms with Crippen molar-refractivity contribution < 1.29 is 0 Å². The van der Waals surface area contributed by atoms with Gasteiger partial charge in [0.1, 0.15) is 11.5 Å². The van der Waals surface area contributed by atoms with Crippen LogP contribution in [-0.2, 0) is 0 Å². The first-order valence-corrected chi connectivity index (χ1v) is 5.46. The molecule has 4 nitrogen and oxygen atoms in total. The van der Waals surface area contributed by atoms with E-state index in [1.807, 2.05) is 12.2 Å². The Morgan fingerprint density at radius 3 is 3.13 bits per heavy atom. The molecule has 2 aromatic rings. The molecule has 2 heterocycles. The summed E-state index contributed by atoms with van der Waals surface area (Å²) in [5.74, 6) is 0.812. The first-order chi connectivity index (χ1) is 7.33. The normalized spacial score (nSPS) is 11.6. The van der Waals surface area contributed by atoms with Crippen LogP contribution in [-0.4, -0.2) is 25.9 Å². The molecule has 15 heavy (non-hydrogen) atoms. The standard InChI is InChI=1S/C9H9ClN4S/c10-8-7-6(3-1-2-4-15)13-14-9(7)12-5-11-8/h1,3,5,15H,2,4H2,(H,11,12,13,14). The minimum atomic E-state index is 0.416. The number of allylic oxidation sites excluding steroid dienone is 1. The van der Waals surface area contributed by atoms with Crippen molar-refractivity contribution in [1.29, 1.82) is 0 Å². The minimum Gasteiger partial charge on any atom is -0.276 e. The van der Waals surface area contributed by atoms with Gasteiger partial charge in [-0.25, -0.2) is 9.97 Å². The van der Waals surface area contributed by atoms with E-state index in [-0.39, 0.29) is 0 Å². The van der Waals surface area contributed by atoms with Crippen molar-refractivity contribution in [3.63, 3.8) is 0 Å². The van der Waals surface area contributed by atoms with Crippen LogP contribution in [0.15, 0.2) is 12.4 Å². The highest BCUT2D eigenvalue weighted by Crippen LogP contribution is 2.21. The third-order valence-corrected chi connectivity index (χ3v) is 2.46. The first-order valence-electron chi connectivity index (χ1n) is 4.45. The smallest absolute Gasteiger partial charge is 0.186 e. The van der Waals surface area contributed by atoms with Crippen molar-refractivity contribution in [2.45, 2.75) is 6.42 Å². The summed E-state index contributed by atoms with van der Waals surface area (Å²) in [4.78, 5) is 7.92. The molecule has 0 bridgehead atoms. The molecule has 0 saturated carbocycles. The van der Waals surface area contributed by atoms with Gasteiger partial charge in [-0.1, -0.05) is 17.7 Å². The quantitative estimate of drug-likeness (QED) is 0.640. The van der Waals surface area contributed by atoms with Crippen LogP contribution in [0.3, 0.4) is 0 Å². The molecule has 2 rings (SSSR count). The van der Waals surface area contributed by atoms with Crippen LogP contribution in [0.2, 0.25) is 5.15 Å². The van der Waals surface area contributed by atoms with Crippen LogP contribution in [0.1, 0.15) is 12.1 Å². The summed E-state index contributed by atoms with van der Waals surface area (Å²) < 4.78 is 0. The van der Waals surface area contributed by atoms with Gasteiger partial charge < -0.3 is 0 Å². The van der Waals surface area contributed by atoms with E-state index >= 15 is 0 Å². The van der Waals surface area contributed by atoms with Gasteiger partial charge in [0.2, 0.25) is 0 Å². The topological polar surface area (TPSA) is 54.5 Å². The zero-order valence-corrected chi connectivity index (χ0v) is 9.46. The number of H-pyrrole nitrogens is 1. The fraction of sp³-hybridized carbons (Fsp3) is 0.222. The van der Waals surface area contributed by atoms with Crippen molar-refractivity contribution in [2.24, 2.45) is 0 Å². The molecule has 0 aliphatic carbocycles. The Kier molecular flexibility index (Phi) is 3.23. The van der Waals surface area contributed by atoms with Gasteiger partial charge in [0.25, 0.3) is 0 Å². The third kappa shape index (κ3) is 2.13. The lowest BCUT2D eigenvalue weighted by atomic mass is 10.2. The molecular weight excluding hydrogens is 232 g/mol. The van der Waals surface area contributed by atoms with E-state index < -0.39 is 0 Å². The van der Waals surface area contributed by atoms with Gasteiger partial charge in [-0.3, -0.25) is 5.10 Å². The summed E-state index contributed by atoms with van der Waals surface area (Å²) in [6.07, 6.45) is 6.21. The monoisotopic (exact) mass is 240 g/mol. The van der Waals surface area contributed by atoms with Crippen LogP contribution in [0.5, 0.6) is 0 Å². The van der Waals surface area contributed by atoms with Gasteiger partial charge >= 0.3 is 0 Å². The Labute approximate surface area is 97.2 Å². The van der Waals surface area contributed by atoms with Crippen LogP contribution < -0.4 is 0 Å². The summed E-state index contributed by atoms with van der Waals surface area (Å²) in [6, 6.07) is 0. The SMILES string of the molecule is SCCC=Cc1[nH]nc2ncnc(Cl)c12. The van der Waals surface area contributed by atoms with Gasteiger partial charge in [-0.2, -0.15) is 17.7 Å². The largest absolute Gasteiger partial charge is 0.276 e. The second-order valence-corrected chi connectivity index (χ2v) is 3.72. The average molecular weight is 241 g/mol. The number of halogens is 1. The Morgan fingerprint density at radius 1 is 1.47 bits per heavy atom. The van der Waals surface area contributed by atoms with Crippen molar-refractivity contribution in [3.05, 3.63) is 23.3 Å². The molecule has 0 aromatic carbocycles. The summed E-state index contributed by atoms with van der Waals surface area (Å²) >= 11 is 10.1. The van der Waals surface area contributed by atoms with Gasteiger partial charge in [0.05, 0.1) is 11.1 Å². The molecule has 0 fully saturated rings.